The molecule has 7 heteroatoms. The van der Waals surface area contributed by atoms with Crippen LogP contribution in [0.25, 0.3) is 10.2 Å². The monoisotopic (exact) mass is 412 g/mol. The first-order valence-corrected chi connectivity index (χ1v) is 8.29. The summed E-state index contributed by atoms with van der Waals surface area (Å²) in [5.74, 6) is 1.39. The van der Waals surface area contributed by atoms with E-state index in [1.807, 2.05) is 36.7 Å². The Morgan fingerprint density at radius 3 is 2.55 bits per heavy atom. The lowest BCUT2D eigenvalue weighted by atomic mass is 10.3. The Morgan fingerprint density at radius 1 is 1.10 bits per heavy atom. The van der Waals surface area contributed by atoms with Gasteiger partial charge in [-0.25, -0.2) is 4.98 Å². The van der Waals surface area contributed by atoms with Crippen LogP contribution in [0.15, 0.2) is 38.6 Å². The van der Waals surface area contributed by atoms with Gasteiger partial charge in [-0.3, -0.25) is 0 Å². The maximum Gasteiger partial charge on any atom is 0.225 e. The topological polar surface area (TPSA) is 49.8 Å². The summed E-state index contributed by atoms with van der Waals surface area (Å²) in [5, 5.41) is 9.38. The van der Waals surface area contributed by atoms with Gasteiger partial charge in [0, 0.05) is 16.0 Å². The first-order valence-electron chi connectivity index (χ1n) is 5.83. The smallest absolute Gasteiger partial charge is 0.225 e. The predicted molar refractivity (Wildman–Crippen MR) is 92.1 cm³/mol. The summed E-state index contributed by atoms with van der Waals surface area (Å²) < 4.78 is 1.94. The van der Waals surface area contributed by atoms with Crippen molar-refractivity contribution in [2.45, 2.75) is 0 Å². The molecule has 1 aromatic carbocycles. The van der Waals surface area contributed by atoms with Gasteiger partial charge in [0.1, 0.15) is 10.6 Å². The molecule has 0 aliphatic heterocycles. The Morgan fingerprint density at radius 2 is 1.85 bits per heavy atom. The van der Waals surface area contributed by atoms with Crippen molar-refractivity contribution >= 4 is 70.9 Å². The van der Waals surface area contributed by atoms with Crippen LogP contribution in [-0.2, 0) is 0 Å². The number of para-hydroxylation sites is 1. The van der Waals surface area contributed by atoms with E-state index in [1.54, 1.807) is 11.3 Å². The van der Waals surface area contributed by atoms with Gasteiger partial charge in [-0.15, -0.1) is 11.3 Å². The number of thiophene rings is 1. The number of fused-ring (bicyclic) bond motifs is 1. The molecule has 2 N–H and O–H groups in total. The van der Waals surface area contributed by atoms with Crippen LogP contribution in [0.3, 0.4) is 0 Å². The highest BCUT2D eigenvalue weighted by Gasteiger charge is 2.11. The molecule has 2 aromatic heterocycles. The van der Waals surface area contributed by atoms with Gasteiger partial charge >= 0.3 is 0 Å². The zero-order valence-corrected chi connectivity index (χ0v) is 14.4. The molecule has 4 nitrogen and oxygen atoms in total. The van der Waals surface area contributed by atoms with Crippen LogP contribution >= 0.6 is 43.2 Å². The Labute approximate surface area is 136 Å². The Bertz CT molecular complexity index is 752. The minimum Gasteiger partial charge on any atom is -0.357 e. The molecule has 3 aromatic rings. The van der Waals surface area contributed by atoms with E-state index in [2.05, 4.69) is 52.5 Å². The number of hydrogen-bond acceptors (Lipinski definition) is 5. The fourth-order valence-corrected chi connectivity index (χ4v) is 3.76. The summed E-state index contributed by atoms with van der Waals surface area (Å²) in [5.41, 5.74) is 0.945. The number of nitrogens with zero attached hydrogens (tertiary/aromatic N) is 2. The molecule has 0 atom stereocenters. The first kappa shape index (κ1) is 13.8. The predicted octanol–water partition coefficient (Wildman–Crippen LogP) is 5.00. The summed E-state index contributed by atoms with van der Waals surface area (Å²) in [6, 6.07) is 7.96. The maximum absolute atomic E-state index is 4.50. The summed E-state index contributed by atoms with van der Waals surface area (Å²) >= 11 is 8.69. The van der Waals surface area contributed by atoms with Gasteiger partial charge in [0.15, 0.2) is 0 Å². The highest BCUT2D eigenvalue weighted by atomic mass is 79.9. The summed E-state index contributed by atoms with van der Waals surface area (Å²) in [4.78, 5) is 9.89. The SMILES string of the molecule is CNc1nc(Nc2c(Br)cccc2Br)c2ccsc2n1. The van der Waals surface area contributed by atoms with Crippen molar-refractivity contribution in [3.05, 3.63) is 38.6 Å². The van der Waals surface area contributed by atoms with Gasteiger partial charge in [-0.05, 0) is 55.4 Å². The van der Waals surface area contributed by atoms with Crippen LogP contribution < -0.4 is 10.6 Å². The Kier molecular flexibility index (Phi) is 3.91. The largest absolute Gasteiger partial charge is 0.357 e. The van der Waals surface area contributed by atoms with Gasteiger partial charge in [0.2, 0.25) is 5.95 Å². The molecule has 0 fully saturated rings. The molecule has 0 unspecified atom stereocenters. The van der Waals surface area contributed by atoms with E-state index in [9.17, 15) is 0 Å². The lowest BCUT2D eigenvalue weighted by molar-refractivity contribution is 1.20. The Balaban J connectivity index is 2.12. The minimum absolute atomic E-state index is 0.602. The van der Waals surface area contributed by atoms with Crippen molar-refractivity contribution in [2.24, 2.45) is 0 Å². The van der Waals surface area contributed by atoms with Gasteiger partial charge in [-0.1, -0.05) is 6.07 Å². The number of aromatic nitrogens is 2. The summed E-state index contributed by atoms with van der Waals surface area (Å²) in [7, 11) is 1.81. The third-order valence-electron chi connectivity index (χ3n) is 2.75. The molecular weight excluding hydrogens is 404 g/mol. The number of anilines is 3. The first-order chi connectivity index (χ1) is 9.69. The maximum atomic E-state index is 4.50. The van der Waals surface area contributed by atoms with Crippen molar-refractivity contribution in [3.63, 3.8) is 0 Å². The fraction of sp³-hybridized carbons (Fsp3) is 0.0769. The molecule has 0 saturated carbocycles. The van der Waals surface area contributed by atoms with Gasteiger partial charge in [-0.2, -0.15) is 4.98 Å². The van der Waals surface area contributed by atoms with Crippen LogP contribution in [0.4, 0.5) is 17.5 Å². The van der Waals surface area contributed by atoms with E-state index in [0.29, 0.717) is 5.95 Å². The minimum atomic E-state index is 0.602. The third-order valence-corrected chi connectivity index (χ3v) is 4.88. The second kappa shape index (κ2) is 5.67. The lowest BCUT2D eigenvalue weighted by Gasteiger charge is -2.11. The third kappa shape index (κ3) is 2.53. The number of rotatable bonds is 3. The average Bonchev–Trinajstić information content (AvgIpc) is 2.91. The fourth-order valence-electron chi connectivity index (χ4n) is 1.80. The Hall–Kier alpha value is -1.18. The van der Waals surface area contributed by atoms with Crippen LogP contribution in [-0.4, -0.2) is 17.0 Å². The van der Waals surface area contributed by atoms with Crippen LogP contribution in [0.5, 0.6) is 0 Å². The van der Waals surface area contributed by atoms with Crippen molar-refractivity contribution in [1.29, 1.82) is 0 Å². The van der Waals surface area contributed by atoms with E-state index in [0.717, 1.165) is 30.7 Å². The normalized spacial score (nSPS) is 10.8. The van der Waals surface area contributed by atoms with E-state index in [1.165, 1.54) is 0 Å². The summed E-state index contributed by atoms with van der Waals surface area (Å²) in [6.45, 7) is 0. The summed E-state index contributed by atoms with van der Waals surface area (Å²) in [6.07, 6.45) is 0. The van der Waals surface area contributed by atoms with Gasteiger partial charge in [0.25, 0.3) is 0 Å². The molecule has 0 aliphatic rings. The number of benzene rings is 1. The standard InChI is InChI=1S/C13H10Br2N4S/c1-16-13-18-11(7-5-6-20-12(7)19-13)17-10-8(14)3-2-4-9(10)15/h2-6H,1H3,(H2,16,17,18,19). The molecule has 0 bridgehead atoms. The number of hydrogen-bond donors (Lipinski definition) is 2. The molecular formula is C13H10Br2N4S. The van der Waals surface area contributed by atoms with Gasteiger partial charge < -0.3 is 10.6 Å². The van der Waals surface area contributed by atoms with E-state index in [4.69, 9.17) is 0 Å². The molecule has 3 rings (SSSR count). The molecule has 102 valence electrons. The molecule has 0 saturated heterocycles. The lowest BCUT2D eigenvalue weighted by Crippen LogP contribution is -2.01. The number of nitrogens with one attached hydrogen (secondary N) is 2. The van der Waals surface area contributed by atoms with Crippen LogP contribution in [0.2, 0.25) is 0 Å². The molecule has 0 radical (unpaired) electrons. The van der Waals surface area contributed by atoms with Crippen LogP contribution in [0.1, 0.15) is 0 Å². The van der Waals surface area contributed by atoms with E-state index >= 15 is 0 Å². The second-order valence-corrected chi connectivity index (χ2v) is 6.61. The van der Waals surface area contributed by atoms with Crippen molar-refractivity contribution < 1.29 is 0 Å². The number of halogens is 2. The van der Waals surface area contributed by atoms with Crippen molar-refractivity contribution in [2.75, 3.05) is 17.7 Å². The zero-order chi connectivity index (χ0) is 14.1. The highest BCUT2D eigenvalue weighted by Crippen LogP contribution is 2.35. The highest BCUT2D eigenvalue weighted by molar-refractivity contribution is 9.11. The van der Waals surface area contributed by atoms with Gasteiger partial charge in [0.05, 0.1) is 11.1 Å². The molecule has 0 spiro atoms. The molecule has 0 aliphatic carbocycles. The quantitative estimate of drug-likeness (QED) is 0.634. The van der Waals surface area contributed by atoms with Crippen molar-refractivity contribution in [3.8, 4) is 0 Å². The molecule has 2 heterocycles. The second-order valence-electron chi connectivity index (χ2n) is 4.01. The van der Waals surface area contributed by atoms with E-state index in [-0.39, 0.29) is 0 Å². The molecule has 0 amide bonds. The zero-order valence-electron chi connectivity index (χ0n) is 10.4. The van der Waals surface area contributed by atoms with E-state index < -0.39 is 0 Å². The van der Waals surface area contributed by atoms with Crippen molar-refractivity contribution in [1.82, 2.24) is 9.97 Å². The average molecular weight is 414 g/mol. The molecule has 20 heavy (non-hydrogen) atoms. The van der Waals surface area contributed by atoms with Crippen LogP contribution in [0, 0.1) is 0 Å².